The largest absolute Gasteiger partial charge is 0.354 e. The minimum Gasteiger partial charge on any atom is -0.354 e. The molecule has 1 aliphatic heterocycles. The lowest BCUT2D eigenvalue weighted by Gasteiger charge is -2.35. The van der Waals surface area contributed by atoms with Crippen molar-refractivity contribution in [3.8, 4) is 0 Å². The van der Waals surface area contributed by atoms with Gasteiger partial charge in [-0.05, 0) is 30.2 Å². The van der Waals surface area contributed by atoms with Crippen LogP contribution in [-0.4, -0.2) is 19.0 Å². The van der Waals surface area contributed by atoms with E-state index in [-0.39, 0.29) is 11.9 Å². The van der Waals surface area contributed by atoms with E-state index in [0.29, 0.717) is 6.54 Å². The van der Waals surface area contributed by atoms with Crippen LogP contribution < -0.4 is 10.6 Å². The summed E-state index contributed by atoms with van der Waals surface area (Å²) >= 11 is 3.47. The zero-order valence-electron chi connectivity index (χ0n) is 12.5. The van der Waals surface area contributed by atoms with Crippen molar-refractivity contribution in [1.82, 2.24) is 10.6 Å². The van der Waals surface area contributed by atoms with E-state index in [0.717, 1.165) is 22.1 Å². The Hall–Kier alpha value is -1.65. The fourth-order valence-electron chi connectivity index (χ4n) is 3.10. The minimum absolute atomic E-state index is 0.0644. The van der Waals surface area contributed by atoms with Crippen molar-refractivity contribution in [3.63, 3.8) is 0 Å². The lowest BCUT2D eigenvalue weighted by Crippen LogP contribution is -2.47. The van der Waals surface area contributed by atoms with Crippen molar-refractivity contribution in [2.75, 3.05) is 13.1 Å². The molecule has 0 saturated carbocycles. The Balaban J connectivity index is 2.11. The van der Waals surface area contributed by atoms with Crippen molar-refractivity contribution in [2.45, 2.75) is 18.4 Å². The monoisotopic (exact) mass is 358 g/mol. The number of hydrogen-bond acceptors (Lipinski definition) is 2. The predicted octanol–water partition coefficient (Wildman–Crippen LogP) is 3.17. The summed E-state index contributed by atoms with van der Waals surface area (Å²) < 4.78 is 1.04. The molecule has 2 N–H and O–H groups in total. The molecule has 2 atom stereocenters. The SMILES string of the molecule is C[C@]1(c2ccccc2)C(=O)NCCN[C@@H]1c1ccc(Br)cc1. The summed E-state index contributed by atoms with van der Waals surface area (Å²) in [7, 11) is 0. The average molecular weight is 359 g/mol. The van der Waals surface area contributed by atoms with Gasteiger partial charge in [-0.15, -0.1) is 0 Å². The third-order valence-electron chi connectivity index (χ3n) is 4.38. The summed E-state index contributed by atoms with van der Waals surface area (Å²) in [5, 5.41) is 6.57. The van der Waals surface area contributed by atoms with Gasteiger partial charge in [-0.1, -0.05) is 58.4 Å². The Labute approximate surface area is 139 Å². The normalized spacial score (nSPS) is 25.4. The summed E-state index contributed by atoms with van der Waals surface area (Å²) in [6.07, 6.45) is 0. The zero-order valence-corrected chi connectivity index (χ0v) is 14.1. The van der Waals surface area contributed by atoms with Crippen LogP contribution >= 0.6 is 15.9 Å². The van der Waals surface area contributed by atoms with Crippen molar-refractivity contribution in [1.29, 1.82) is 0 Å². The molecule has 0 aromatic heterocycles. The van der Waals surface area contributed by atoms with Crippen molar-refractivity contribution in [2.24, 2.45) is 0 Å². The fourth-order valence-corrected chi connectivity index (χ4v) is 3.36. The molecule has 0 aliphatic carbocycles. The molecule has 0 radical (unpaired) electrons. The van der Waals surface area contributed by atoms with E-state index >= 15 is 0 Å². The molecule has 1 fully saturated rings. The van der Waals surface area contributed by atoms with Crippen LogP contribution in [-0.2, 0) is 10.2 Å². The number of rotatable bonds is 2. The number of amides is 1. The molecule has 114 valence electrons. The standard InChI is InChI=1S/C18H19BrN2O/c1-18(14-5-3-2-4-6-14)16(20-11-12-21-17(18)22)13-7-9-15(19)10-8-13/h2-10,16,20H,11-12H2,1H3,(H,21,22)/t16-,18-/m1/s1. The lowest BCUT2D eigenvalue weighted by molar-refractivity contribution is -0.126. The summed E-state index contributed by atoms with van der Waals surface area (Å²) in [4.78, 5) is 12.8. The quantitative estimate of drug-likeness (QED) is 0.865. The molecule has 1 heterocycles. The van der Waals surface area contributed by atoms with Gasteiger partial charge in [-0.25, -0.2) is 0 Å². The van der Waals surface area contributed by atoms with Gasteiger partial charge in [0, 0.05) is 17.6 Å². The van der Waals surface area contributed by atoms with Crippen molar-refractivity contribution in [3.05, 3.63) is 70.2 Å². The van der Waals surface area contributed by atoms with Gasteiger partial charge in [0.25, 0.3) is 0 Å². The number of halogens is 1. The number of carbonyl (C=O) groups is 1. The highest BCUT2D eigenvalue weighted by Crippen LogP contribution is 2.38. The van der Waals surface area contributed by atoms with Gasteiger partial charge in [0.05, 0.1) is 11.5 Å². The number of nitrogens with one attached hydrogen (secondary N) is 2. The summed E-state index contributed by atoms with van der Waals surface area (Å²) in [5.41, 5.74) is 1.49. The minimum atomic E-state index is -0.647. The van der Waals surface area contributed by atoms with Crippen LogP contribution in [0.5, 0.6) is 0 Å². The molecule has 1 amide bonds. The Morgan fingerprint density at radius 2 is 1.73 bits per heavy atom. The third-order valence-corrected chi connectivity index (χ3v) is 4.91. The van der Waals surface area contributed by atoms with E-state index in [1.807, 2.05) is 49.4 Å². The fraction of sp³-hybridized carbons (Fsp3) is 0.278. The summed E-state index contributed by atoms with van der Waals surface area (Å²) in [6.45, 7) is 3.42. The first-order valence-corrected chi connectivity index (χ1v) is 8.24. The van der Waals surface area contributed by atoms with Crippen LogP contribution in [0.3, 0.4) is 0 Å². The van der Waals surface area contributed by atoms with E-state index in [1.54, 1.807) is 0 Å². The molecule has 4 heteroatoms. The van der Waals surface area contributed by atoms with E-state index in [2.05, 4.69) is 38.7 Å². The van der Waals surface area contributed by atoms with Gasteiger partial charge < -0.3 is 10.6 Å². The predicted molar refractivity (Wildman–Crippen MR) is 91.7 cm³/mol. The molecule has 1 saturated heterocycles. The van der Waals surface area contributed by atoms with Gasteiger partial charge in [0.1, 0.15) is 0 Å². The Morgan fingerprint density at radius 3 is 2.41 bits per heavy atom. The van der Waals surface area contributed by atoms with Crippen LogP contribution in [0.25, 0.3) is 0 Å². The van der Waals surface area contributed by atoms with Crippen molar-refractivity contribution < 1.29 is 4.79 Å². The molecule has 3 nitrogen and oxygen atoms in total. The highest BCUT2D eigenvalue weighted by atomic mass is 79.9. The molecule has 2 aromatic rings. The highest BCUT2D eigenvalue weighted by Gasteiger charge is 2.44. The molecular weight excluding hydrogens is 340 g/mol. The van der Waals surface area contributed by atoms with Gasteiger partial charge in [-0.3, -0.25) is 4.79 Å². The summed E-state index contributed by atoms with van der Waals surface area (Å²) in [5.74, 6) is 0.0663. The first-order valence-electron chi connectivity index (χ1n) is 7.45. The molecule has 0 spiro atoms. The van der Waals surface area contributed by atoms with Gasteiger partial charge >= 0.3 is 0 Å². The van der Waals surface area contributed by atoms with E-state index < -0.39 is 5.41 Å². The Kier molecular flexibility index (Phi) is 4.32. The van der Waals surface area contributed by atoms with Crippen LogP contribution in [0.1, 0.15) is 24.1 Å². The molecule has 0 unspecified atom stereocenters. The molecule has 1 aliphatic rings. The second kappa shape index (κ2) is 6.23. The lowest BCUT2D eigenvalue weighted by atomic mass is 9.72. The highest BCUT2D eigenvalue weighted by molar-refractivity contribution is 9.10. The first-order chi connectivity index (χ1) is 10.6. The number of benzene rings is 2. The Morgan fingerprint density at radius 1 is 1.05 bits per heavy atom. The van der Waals surface area contributed by atoms with Gasteiger partial charge in [0.15, 0.2) is 0 Å². The maximum atomic E-state index is 12.8. The maximum Gasteiger partial charge on any atom is 0.232 e. The molecule has 2 aromatic carbocycles. The molecule has 22 heavy (non-hydrogen) atoms. The van der Waals surface area contributed by atoms with Crippen LogP contribution in [0.2, 0.25) is 0 Å². The maximum absolute atomic E-state index is 12.8. The topological polar surface area (TPSA) is 41.1 Å². The second-order valence-electron chi connectivity index (χ2n) is 5.76. The van der Waals surface area contributed by atoms with Crippen LogP contribution in [0, 0.1) is 0 Å². The van der Waals surface area contributed by atoms with E-state index in [9.17, 15) is 4.79 Å². The van der Waals surface area contributed by atoms with Crippen LogP contribution in [0.4, 0.5) is 0 Å². The van der Waals surface area contributed by atoms with E-state index in [1.165, 1.54) is 0 Å². The molecule has 3 rings (SSSR count). The summed E-state index contributed by atoms with van der Waals surface area (Å²) in [6, 6.07) is 18.1. The zero-order chi connectivity index (χ0) is 15.6. The third kappa shape index (κ3) is 2.69. The van der Waals surface area contributed by atoms with Gasteiger partial charge in [-0.2, -0.15) is 0 Å². The molecule has 0 bridgehead atoms. The first kappa shape index (κ1) is 15.3. The van der Waals surface area contributed by atoms with Gasteiger partial charge in [0.2, 0.25) is 5.91 Å². The van der Waals surface area contributed by atoms with Crippen LogP contribution in [0.15, 0.2) is 59.1 Å². The average Bonchev–Trinajstić information content (AvgIpc) is 2.70. The van der Waals surface area contributed by atoms with Crippen molar-refractivity contribution >= 4 is 21.8 Å². The smallest absolute Gasteiger partial charge is 0.232 e. The number of carbonyl (C=O) groups excluding carboxylic acids is 1. The second-order valence-corrected chi connectivity index (χ2v) is 6.68. The van der Waals surface area contributed by atoms with E-state index in [4.69, 9.17) is 0 Å². The Bertz CT molecular complexity index is 657. The molecular formula is C18H19BrN2O. The number of hydrogen-bond donors (Lipinski definition) is 2.